The van der Waals surface area contributed by atoms with Crippen molar-refractivity contribution in [2.45, 2.75) is 30.2 Å². The zero-order valence-electron chi connectivity index (χ0n) is 13.5. The number of thiophene rings is 1. The number of carbonyl (C=O) groups excluding carboxylic acids is 1. The second kappa shape index (κ2) is 7.27. The van der Waals surface area contributed by atoms with Gasteiger partial charge >= 0.3 is 5.97 Å². The normalized spacial score (nSPS) is 21.5. The van der Waals surface area contributed by atoms with E-state index >= 15 is 0 Å². The van der Waals surface area contributed by atoms with Gasteiger partial charge < -0.3 is 14.8 Å². The van der Waals surface area contributed by atoms with Gasteiger partial charge in [0, 0.05) is 13.7 Å². The van der Waals surface area contributed by atoms with Gasteiger partial charge in [0.05, 0.1) is 19.3 Å². The molecule has 1 aliphatic heterocycles. The smallest absolute Gasteiger partial charge is 0.349 e. The minimum absolute atomic E-state index is 0.0000798. The summed E-state index contributed by atoms with van der Waals surface area (Å²) in [4.78, 5) is 11.9. The minimum Gasteiger partial charge on any atom is -0.465 e. The van der Waals surface area contributed by atoms with E-state index in [4.69, 9.17) is 4.74 Å². The van der Waals surface area contributed by atoms with Crippen molar-refractivity contribution in [3.63, 3.8) is 0 Å². The van der Waals surface area contributed by atoms with Crippen LogP contribution in [0, 0.1) is 6.92 Å². The summed E-state index contributed by atoms with van der Waals surface area (Å²) < 4.78 is 37.9. The first kappa shape index (κ1) is 18.3. The molecule has 1 aromatic heterocycles. The Kier molecular flexibility index (Phi) is 5.79. The Labute approximate surface area is 140 Å². The van der Waals surface area contributed by atoms with Gasteiger partial charge in [-0.25, -0.2) is 17.9 Å². The summed E-state index contributed by atoms with van der Waals surface area (Å²) in [7, 11) is -0.988. The van der Waals surface area contributed by atoms with E-state index in [1.807, 2.05) is 0 Å². The number of sulfonamides is 1. The summed E-state index contributed by atoms with van der Waals surface area (Å²) in [6, 6.07) is 0. The molecule has 1 aliphatic rings. The van der Waals surface area contributed by atoms with Crippen LogP contribution in [0.3, 0.4) is 0 Å². The lowest BCUT2D eigenvalue weighted by molar-refractivity contribution is 0.0602. The topological polar surface area (TPSA) is 93.7 Å². The number of nitrogens with one attached hydrogen (secondary N) is 2. The van der Waals surface area contributed by atoms with E-state index in [0.717, 1.165) is 30.7 Å². The van der Waals surface area contributed by atoms with Crippen molar-refractivity contribution in [2.75, 3.05) is 33.9 Å². The molecular formula is C14H22N2O5S2. The summed E-state index contributed by atoms with van der Waals surface area (Å²) in [5, 5.41) is 4.95. The molecule has 0 aliphatic carbocycles. The van der Waals surface area contributed by atoms with Gasteiger partial charge in [0.25, 0.3) is 0 Å². The highest BCUT2D eigenvalue weighted by Crippen LogP contribution is 2.28. The maximum atomic E-state index is 12.7. The number of ether oxygens (including phenoxy) is 2. The average Bonchev–Trinajstić information content (AvgIpc) is 3.13. The van der Waals surface area contributed by atoms with E-state index in [1.165, 1.54) is 7.11 Å². The number of hydrogen-bond acceptors (Lipinski definition) is 7. The van der Waals surface area contributed by atoms with E-state index in [-0.39, 0.29) is 16.3 Å². The van der Waals surface area contributed by atoms with Crippen molar-refractivity contribution >= 4 is 27.3 Å². The maximum absolute atomic E-state index is 12.7. The third kappa shape index (κ3) is 3.92. The van der Waals surface area contributed by atoms with Gasteiger partial charge in [-0.2, -0.15) is 0 Å². The highest BCUT2D eigenvalue weighted by atomic mass is 32.2. The number of esters is 1. The van der Waals surface area contributed by atoms with Crippen molar-refractivity contribution in [2.24, 2.45) is 0 Å². The minimum atomic E-state index is -3.81. The van der Waals surface area contributed by atoms with Gasteiger partial charge in [0.1, 0.15) is 9.77 Å². The van der Waals surface area contributed by atoms with Crippen molar-refractivity contribution in [1.29, 1.82) is 0 Å². The van der Waals surface area contributed by atoms with Crippen LogP contribution in [0.1, 0.15) is 28.1 Å². The molecule has 1 unspecified atom stereocenters. The van der Waals surface area contributed by atoms with Crippen molar-refractivity contribution in [3.05, 3.63) is 15.8 Å². The lowest BCUT2D eigenvalue weighted by atomic mass is 9.99. The van der Waals surface area contributed by atoms with Crippen molar-refractivity contribution in [3.8, 4) is 0 Å². The zero-order valence-corrected chi connectivity index (χ0v) is 15.1. The molecule has 0 spiro atoms. The first-order valence-corrected chi connectivity index (χ1v) is 9.61. The molecule has 0 amide bonds. The quantitative estimate of drug-likeness (QED) is 0.700. The molecule has 9 heteroatoms. The van der Waals surface area contributed by atoms with Gasteiger partial charge in [0.2, 0.25) is 10.0 Å². The molecule has 1 fully saturated rings. The van der Waals surface area contributed by atoms with Crippen LogP contribution in [0.2, 0.25) is 0 Å². The Balaban J connectivity index is 2.22. The van der Waals surface area contributed by atoms with Crippen LogP contribution < -0.4 is 10.0 Å². The predicted molar refractivity (Wildman–Crippen MR) is 87.4 cm³/mol. The fourth-order valence-electron chi connectivity index (χ4n) is 2.78. The summed E-state index contributed by atoms with van der Waals surface area (Å²) in [5.41, 5.74) is 0.125. The second-order valence-corrected chi connectivity index (χ2v) is 8.22. The third-order valence-electron chi connectivity index (χ3n) is 3.91. The van der Waals surface area contributed by atoms with Crippen molar-refractivity contribution < 1.29 is 22.7 Å². The Morgan fingerprint density at radius 3 is 2.78 bits per heavy atom. The fraction of sp³-hybridized carbons (Fsp3) is 0.643. The van der Waals surface area contributed by atoms with Gasteiger partial charge in [-0.15, -0.1) is 11.3 Å². The molecule has 1 aromatic rings. The Morgan fingerprint density at radius 1 is 1.48 bits per heavy atom. The van der Waals surface area contributed by atoms with E-state index in [0.29, 0.717) is 12.2 Å². The van der Waals surface area contributed by atoms with Crippen LogP contribution in [0.5, 0.6) is 0 Å². The molecule has 7 nitrogen and oxygen atoms in total. The Morgan fingerprint density at radius 2 is 2.22 bits per heavy atom. The van der Waals surface area contributed by atoms with E-state index < -0.39 is 21.5 Å². The summed E-state index contributed by atoms with van der Waals surface area (Å²) in [6.07, 6.45) is 1.80. The van der Waals surface area contributed by atoms with Gasteiger partial charge in [-0.1, -0.05) is 0 Å². The Bertz CT molecular complexity index is 663. The first-order chi connectivity index (χ1) is 10.9. The summed E-state index contributed by atoms with van der Waals surface area (Å²) in [5.74, 6) is -0.644. The maximum Gasteiger partial charge on any atom is 0.349 e. The number of aryl methyl sites for hydroxylation is 1. The average molecular weight is 362 g/mol. The highest BCUT2D eigenvalue weighted by molar-refractivity contribution is 7.89. The third-order valence-corrected chi connectivity index (χ3v) is 6.71. The monoisotopic (exact) mass is 362 g/mol. The molecule has 2 rings (SSSR count). The lowest BCUT2D eigenvalue weighted by Crippen LogP contribution is -2.53. The predicted octanol–water partition coefficient (Wildman–Crippen LogP) is 0.890. The standard InChI is InChI=1S/C14H22N2O5S2/c1-10-7-22-11(13(17)21-3)12(10)23(18,19)16-8-14(9-20-2)5-4-6-15-14/h7,15-16H,4-6,8-9H2,1-3H3. The fourth-order valence-corrected chi connectivity index (χ4v) is 5.61. The highest BCUT2D eigenvalue weighted by Gasteiger charge is 2.36. The molecular weight excluding hydrogens is 340 g/mol. The zero-order chi connectivity index (χ0) is 17.1. The van der Waals surface area contributed by atoms with Crippen LogP contribution >= 0.6 is 11.3 Å². The van der Waals surface area contributed by atoms with E-state index in [1.54, 1.807) is 19.4 Å². The lowest BCUT2D eigenvalue weighted by Gasteiger charge is -2.28. The molecule has 23 heavy (non-hydrogen) atoms. The molecule has 0 bridgehead atoms. The van der Waals surface area contributed by atoms with Crippen molar-refractivity contribution in [1.82, 2.24) is 10.0 Å². The molecule has 2 heterocycles. The van der Waals surface area contributed by atoms with Crippen LogP contribution in [-0.4, -0.2) is 53.8 Å². The first-order valence-electron chi connectivity index (χ1n) is 7.25. The molecule has 2 N–H and O–H groups in total. The molecule has 130 valence electrons. The van der Waals surface area contributed by atoms with Crippen LogP contribution in [0.15, 0.2) is 10.3 Å². The number of carbonyl (C=O) groups is 1. The molecule has 0 aromatic carbocycles. The number of hydrogen-bond donors (Lipinski definition) is 2. The molecule has 0 radical (unpaired) electrons. The summed E-state index contributed by atoms with van der Waals surface area (Å²) >= 11 is 1.07. The SMILES string of the molecule is COCC1(CNS(=O)(=O)c2c(C)csc2C(=O)OC)CCCN1. The van der Waals surface area contributed by atoms with Crippen LogP contribution in [0.25, 0.3) is 0 Å². The van der Waals surface area contributed by atoms with E-state index in [9.17, 15) is 13.2 Å². The summed E-state index contributed by atoms with van der Waals surface area (Å²) in [6.45, 7) is 3.12. The second-order valence-electron chi connectivity index (χ2n) is 5.64. The largest absolute Gasteiger partial charge is 0.465 e. The van der Waals surface area contributed by atoms with Crippen LogP contribution in [-0.2, 0) is 19.5 Å². The van der Waals surface area contributed by atoms with Crippen LogP contribution in [0.4, 0.5) is 0 Å². The van der Waals surface area contributed by atoms with Gasteiger partial charge in [0.15, 0.2) is 0 Å². The van der Waals surface area contributed by atoms with Gasteiger partial charge in [-0.3, -0.25) is 0 Å². The Hall–Kier alpha value is -1.00. The van der Waals surface area contributed by atoms with Gasteiger partial charge in [-0.05, 0) is 37.3 Å². The number of methoxy groups -OCH3 is 2. The number of rotatable bonds is 7. The molecule has 1 saturated heterocycles. The molecule has 1 atom stereocenters. The molecule has 0 saturated carbocycles. The van der Waals surface area contributed by atoms with E-state index in [2.05, 4.69) is 14.8 Å².